The molecule has 1 aromatic rings. The fourth-order valence-electron chi connectivity index (χ4n) is 1.01. The summed E-state index contributed by atoms with van der Waals surface area (Å²) in [4.78, 5) is 16.5. The summed E-state index contributed by atoms with van der Waals surface area (Å²) in [5.41, 5.74) is 2.40. The van der Waals surface area contributed by atoms with Crippen LogP contribution in [0.1, 0.15) is 26.3 Å². The second-order valence-electron chi connectivity index (χ2n) is 4.66. The number of nitrogens with one attached hydrogen (secondary N) is 1. The summed E-state index contributed by atoms with van der Waals surface area (Å²) < 4.78 is 5.23. The average molecular weight is 248 g/mol. The minimum atomic E-state index is -0.440. The molecule has 18 heavy (non-hydrogen) atoms. The van der Waals surface area contributed by atoms with Gasteiger partial charge in [0.2, 0.25) is 0 Å². The molecule has 96 valence electrons. The molecular formula is C13H16N2O3. The highest BCUT2D eigenvalue weighted by molar-refractivity contribution is 5.76. The molecule has 0 aliphatic carbocycles. The van der Waals surface area contributed by atoms with Gasteiger partial charge in [0.1, 0.15) is 5.75 Å². The third-order valence-electron chi connectivity index (χ3n) is 1.82. The second-order valence-corrected chi connectivity index (χ2v) is 4.66. The summed E-state index contributed by atoms with van der Waals surface area (Å²) in [6.07, 6.45) is 0. The van der Waals surface area contributed by atoms with Gasteiger partial charge >= 0.3 is 0 Å². The molecule has 0 aliphatic heterocycles. The Kier molecular flexibility index (Phi) is 4.69. The van der Waals surface area contributed by atoms with Crippen molar-refractivity contribution in [2.24, 2.45) is 0 Å². The van der Waals surface area contributed by atoms with Gasteiger partial charge in [-0.1, -0.05) is 0 Å². The molecule has 1 aromatic carbocycles. The number of rotatable bonds is 4. The van der Waals surface area contributed by atoms with Crippen LogP contribution in [0.25, 0.3) is 0 Å². The van der Waals surface area contributed by atoms with Crippen LogP contribution in [0.4, 0.5) is 0 Å². The van der Waals surface area contributed by atoms with Gasteiger partial charge in [-0.05, 0) is 45.0 Å². The SMILES string of the molecule is CC(C)(C)ONC(=O)COc1ccc(C#N)cc1. The van der Waals surface area contributed by atoms with Gasteiger partial charge in [-0.25, -0.2) is 5.48 Å². The summed E-state index contributed by atoms with van der Waals surface area (Å²) in [6.45, 7) is 5.35. The Morgan fingerprint density at radius 3 is 2.44 bits per heavy atom. The number of hydroxylamine groups is 1. The van der Waals surface area contributed by atoms with Crippen LogP contribution >= 0.6 is 0 Å². The standard InChI is InChI=1S/C13H16N2O3/c1-13(2,3)18-15-12(16)9-17-11-6-4-10(8-14)5-7-11/h4-7H,9H2,1-3H3,(H,15,16). The van der Waals surface area contributed by atoms with Crippen LogP contribution in [0.15, 0.2) is 24.3 Å². The molecule has 0 saturated carbocycles. The van der Waals surface area contributed by atoms with E-state index in [1.807, 2.05) is 26.8 Å². The zero-order valence-electron chi connectivity index (χ0n) is 10.7. The number of nitrogens with zero attached hydrogens (tertiary/aromatic N) is 1. The fraction of sp³-hybridized carbons (Fsp3) is 0.385. The number of ether oxygens (including phenoxy) is 1. The molecule has 1 rings (SSSR count). The second kappa shape index (κ2) is 6.03. The summed E-state index contributed by atoms with van der Waals surface area (Å²) in [7, 11) is 0. The topological polar surface area (TPSA) is 71.3 Å². The molecule has 0 aliphatic rings. The lowest BCUT2D eigenvalue weighted by atomic mass is 10.2. The third kappa shape index (κ3) is 5.32. The maximum Gasteiger partial charge on any atom is 0.281 e. The molecule has 0 spiro atoms. The van der Waals surface area contributed by atoms with Gasteiger partial charge in [0.25, 0.3) is 5.91 Å². The molecule has 0 atom stereocenters. The molecule has 0 unspecified atom stereocenters. The highest BCUT2D eigenvalue weighted by atomic mass is 16.7. The van der Waals surface area contributed by atoms with Crippen molar-refractivity contribution in [2.45, 2.75) is 26.4 Å². The minimum absolute atomic E-state index is 0.137. The first-order valence-corrected chi connectivity index (χ1v) is 5.50. The van der Waals surface area contributed by atoms with Crippen LogP contribution < -0.4 is 10.2 Å². The predicted molar refractivity (Wildman–Crippen MR) is 65.6 cm³/mol. The van der Waals surface area contributed by atoms with Crippen LogP contribution in [0.2, 0.25) is 0 Å². The Balaban J connectivity index is 2.36. The number of carbonyl (C=O) groups excluding carboxylic acids is 1. The average Bonchev–Trinajstić information content (AvgIpc) is 2.33. The molecule has 1 amide bonds. The predicted octanol–water partition coefficient (Wildman–Crippen LogP) is 1.78. The molecule has 1 N–H and O–H groups in total. The van der Waals surface area contributed by atoms with E-state index in [0.29, 0.717) is 11.3 Å². The number of nitriles is 1. The van der Waals surface area contributed by atoms with Crippen molar-refractivity contribution in [1.82, 2.24) is 5.48 Å². The molecule has 0 radical (unpaired) electrons. The third-order valence-corrected chi connectivity index (χ3v) is 1.82. The van der Waals surface area contributed by atoms with Crippen LogP contribution in [0, 0.1) is 11.3 Å². The molecular weight excluding hydrogens is 232 g/mol. The van der Waals surface area contributed by atoms with Crippen LogP contribution in [-0.2, 0) is 9.63 Å². The van der Waals surface area contributed by atoms with Gasteiger partial charge in [-0.15, -0.1) is 0 Å². The molecule has 0 fully saturated rings. The lowest BCUT2D eigenvalue weighted by Crippen LogP contribution is -2.36. The summed E-state index contributed by atoms with van der Waals surface area (Å²) in [5, 5.41) is 8.62. The smallest absolute Gasteiger partial charge is 0.281 e. The van der Waals surface area contributed by atoms with Gasteiger partial charge < -0.3 is 4.74 Å². The van der Waals surface area contributed by atoms with Gasteiger partial charge in [0, 0.05) is 0 Å². The van der Waals surface area contributed by atoms with Crippen molar-refractivity contribution < 1.29 is 14.4 Å². The van der Waals surface area contributed by atoms with E-state index in [2.05, 4.69) is 5.48 Å². The van der Waals surface area contributed by atoms with Crippen molar-refractivity contribution in [3.63, 3.8) is 0 Å². The summed E-state index contributed by atoms with van der Waals surface area (Å²) >= 11 is 0. The maximum atomic E-state index is 11.4. The largest absolute Gasteiger partial charge is 0.484 e. The Labute approximate surface area is 106 Å². The Bertz CT molecular complexity index is 441. The quantitative estimate of drug-likeness (QED) is 0.824. The number of amides is 1. The monoisotopic (exact) mass is 248 g/mol. The van der Waals surface area contributed by atoms with Crippen LogP contribution in [0.3, 0.4) is 0 Å². The maximum absolute atomic E-state index is 11.4. The van der Waals surface area contributed by atoms with Crippen molar-refractivity contribution in [3.05, 3.63) is 29.8 Å². The van der Waals surface area contributed by atoms with E-state index in [-0.39, 0.29) is 12.5 Å². The number of carbonyl (C=O) groups is 1. The molecule has 5 nitrogen and oxygen atoms in total. The molecule has 5 heteroatoms. The van der Waals surface area contributed by atoms with Gasteiger partial charge in [0.05, 0.1) is 17.2 Å². The highest BCUT2D eigenvalue weighted by Crippen LogP contribution is 2.11. The van der Waals surface area contributed by atoms with E-state index in [4.69, 9.17) is 14.8 Å². The zero-order valence-corrected chi connectivity index (χ0v) is 10.7. The van der Waals surface area contributed by atoms with Crippen LogP contribution in [0.5, 0.6) is 5.75 Å². The van der Waals surface area contributed by atoms with Crippen molar-refractivity contribution >= 4 is 5.91 Å². The van der Waals surface area contributed by atoms with Gasteiger partial charge in [0.15, 0.2) is 6.61 Å². The lowest BCUT2D eigenvalue weighted by molar-refractivity contribution is -0.147. The first kappa shape index (κ1) is 14.0. The Morgan fingerprint density at radius 1 is 1.33 bits per heavy atom. The van der Waals surface area contributed by atoms with E-state index in [0.717, 1.165) is 0 Å². The minimum Gasteiger partial charge on any atom is -0.484 e. The molecule has 0 heterocycles. The van der Waals surface area contributed by atoms with Crippen molar-refractivity contribution in [1.29, 1.82) is 5.26 Å². The van der Waals surface area contributed by atoms with Gasteiger partial charge in [-0.3, -0.25) is 9.63 Å². The molecule has 0 aromatic heterocycles. The highest BCUT2D eigenvalue weighted by Gasteiger charge is 2.12. The lowest BCUT2D eigenvalue weighted by Gasteiger charge is -2.18. The van der Waals surface area contributed by atoms with Crippen molar-refractivity contribution in [2.75, 3.05) is 6.61 Å². The fourth-order valence-corrected chi connectivity index (χ4v) is 1.01. The molecule has 0 bridgehead atoms. The van der Waals surface area contributed by atoms with Gasteiger partial charge in [-0.2, -0.15) is 5.26 Å². The van der Waals surface area contributed by atoms with E-state index >= 15 is 0 Å². The van der Waals surface area contributed by atoms with Crippen molar-refractivity contribution in [3.8, 4) is 11.8 Å². The Morgan fingerprint density at radius 2 is 1.94 bits per heavy atom. The number of hydrogen-bond donors (Lipinski definition) is 1. The summed E-state index contributed by atoms with van der Waals surface area (Å²) in [6, 6.07) is 8.52. The normalized spacial score (nSPS) is 10.6. The summed E-state index contributed by atoms with van der Waals surface area (Å²) in [5.74, 6) is 0.161. The number of benzene rings is 1. The van der Waals surface area contributed by atoms with E-state index in [1.165, 1.54) is 0 Å². The van der Waals surface area contributed by atoms with E-state index < -0.39 is 5.60 Å². The van der Waals surface area contributed by atoms with E-state index in [9.17, 15) is 4.79 Å². The van der Waals surface area contributed by atoms with E-state index in [1.54, 1.807) is 24.3 Å². The first-order chi connectivity index (χ1) is 8.40. The molecule has 0 saturated heterocycles. The Hall–Kier alpha value is -2.06. The van der Waals surface area contributed by atoms with Crippen LogP contribution in [-0.4, -0.2) is 18.1 Å². The first-order valence-electron chi connectivity index (χ1n) is 5.50. The zero-order chi connectivity index (χ0) is 13.6. The number of hydrogen-bond acceptors (Lipinski definition) is 4.